The third-order valence-electron chi connectivity index (χ3n) is 2.61. The van der Waals surface area contributed by atoms with E-state index in [2.05, 4.69) is 42.0 Å². The zero-order valence-corrected chi connectivity index (χ0v) is 10.9. The third-order valence-corrected chi connectivity index (χ3v) is 3.26. The van der Waals surface area contributed by atoms with Crippen LogP contribution in [0.25, 0.3) is 0 Å². The monoisotopic (exact) mass is 273 g/mol. The quantitative estimate of drug-likeness (QED) is 0.882. The Morgan fingerprint density at radius 3 is 2.53 bits per heavy atom. The highest BCUT2D eigenvalue weighted by atomic mass is 79.9. The van der Waals surface area contributed by atoms with Crippen molar-refractivity contribution in [2.24, 2.45) is 5.92 Å². The van der Waals surface area contributed by atoms with Crippen LogP contribution in [0.4, 0.5) is 4.39 Å². The first-order valence-electron chi connectivity index (χ1n) is 5.18. The molecule has 1 aromatic carbocycles. The smallest absolute Gasteiger partial charge is 0.137 e. The van der Waals surface area contributed by atoms with E-state index in [1.807, 2.05) is 6.07 Å². The fraction of sp³-hybridized carbons (Fsp3) is 0.500. The van der Waals surface area contributed by atoms with Crippen LogP contribution in [0.2, 0.25) is 0 Å². The summed E-state index contributed by atoms with van der Waals surface area (Å²) in [6, 6.07) is 5.67. The van der Waals surface area contributed by atoms with Crippen molar-refractivity contribution in [2.45, 2.75) is 33.4 Å². The summed E-state index contributed by atoms with van der Waals surface area (Å²) >= 11 is 3.14. The fourth-order valence-corrected chi connectivity index (χ4v) is 1.41. The number of nitrogens with one attached hydrogen (secondary N) is 1. The van der Waals surface area contributed by atoms with Crippen molar-refractivity contribution in [1.29, 1.82) is 0 Å². The molecule has 1 aromatic rings. The van der Waals surface area contributed by atoms with E-state index < -0.39 is 0 Å². The number of halogens is 2. The third kappa shape index (κ3) is 3.92. The normalized spacial score (nSPS) is 13.2. The fourth-order valence-electron chi connectivity index (χ4n) is 1.16. The number of hydrogen-bond donors (Lipinski definition) is 1. The van der Waals surface area contributed by atoms with Gasteiger partial charge in [0.25, 0.3) is 0 Å². The molecule has 0 fully saturated rings. The van der Waals surface area contributed by atoms with Crippen molar-refractivity contribution < 1.29 is 4.39 Å². The molecule has 0 radical (unpaired) electrons. The summed E-state index contributed by atoms with van der Waals surface area (Å²) in [5.74, 6) is 0.386. The summed E-state index contributed by atoms with van der Waals surface area (Å²) in [7, 11) is 0. The summed E-state index contributed by atoms with van der Waals surface area (Å²) in [6.07, 6.45) is 0. The maximum atomic E-state index is 13.2. The average molecular weight is 274 g/mol. The van der Waals surface area contributed by atoms with Gasteiger partial charge in [0.2, 0.25) is 0 Å². The molecule has 1 atom stereocenters. The molecule has 0 aromatic heterocycles. The van der Waals surface area contributed by atoms with E-state index in [1.165, 1.54) is 0 Å². The Morgan fingerprint density at radius 2 is 2.00 bits per heavy atom. The number of rotatable bonds is 4. The molecule has 1 unspecified atom stereocenters. The lowest BCUT2D eigenvalue weighted by Crippen LogP contribution is -2.30. The van der Waals surface area contributed by atoms with Crippen molar-refractivity contribution in [2.75, 3.05) is 0 Å². The highest BCUT2D eigenvalue weighted by Crippen LogP contribution is 2.16. The largest absolute Gasteiger partial charge is 0.310 e. The van der Waals surface area contributed by atoms with E-state index in [1.54, 1.807) is 12.1 Å². The molecule has 1 N–H and O–H groups in total. The number of benzene rings is 1. The topological polar surface area (TPSA) is 12.0 Å². The minimum Gasteiger partial charge on any atom is -0.310 e. The zero-order valence-electron chi connectivity index (χ0n) is 9.35. The Labute approximate surface area is 99.2 Å². The average Bonchev–Trinajstić information content (AvgIpc) is 2.19. The first-order valence-corrected chi connectivity index (χ1v) is 5.97. The molecule has 0 amide bonds. The Kier molecular flexibility index (Phi) is 4.74. The second kappa shape index (κ2) is 5.61. The molecular weight excluding hydrogens is 257 g/mol. The second-order valence-electron chi connectivity index (χ2n) is 4.16. The summed E-state index contributed by atoms with van der Waals surface area (Å²) in [5.41, 5.74) is 0.975. The zero-order chi connectivity index (χ0) is 11.4. The predicted octanol–water partition coefficient (Wildman–Crippen LogP) is 3.72. The molecule has 0 aliphatic heterocycles. The van der Waals surface area contributed by atoms with Crippen LogP contribution < -0.4 is 5.32 Å². The van der Waals surface area contributed by atoms with E-state index in [0.29, 0.717) is 23.0 Å². The van der Waals surface area contributed by atoms with Gasteiger partial charge in [0, 0.05) is 12.6 Å². The van der Waals surface area contributed by atoms with Gasteiger partial charge in [0.05, 0.1) is 4.47 Å². The molecule has 0 saturated carbocycles. The van der Waals surface area contributed by atoms with Gasteiger partial charge in [0.15, 0.2) is 0 Å². The number of hydrogen-bond acceptors (Lipinski definition) is 1. The predicted molar refractivity (Wildman–Crippen MR) is 65.2 cm³/mol. The standard InChI is InChI=1S/C12H17BrFN/c1-8(2)9(3)15-7-10-4-5-11(13)12(14)6-10/h4-6,8-9,15H,7H2,1-3H3. The van der Waals surface area contributed by atoms with Gasteiger partial charge in [-0.2, -0.15) is 0 Å². The Bertz CT molecular complexity index is 325. The minimum absolute atomic E-state index is 0.202. The van der Waals surface area contributed by atoms with E-state index in [4.69, 9.17) is 0 Å². The van der Waals surface area contributed by atoms with Gasteiger partial charge in [-0.3, -0.25) is 0 Å². The van der Waals surface area contributed by atoms with Crippen molar-refractivity contribution in [3.05, 3.63) is 34.1 Å². The summed E-state index contributed by atoms with van der Waals surface area (Å²) < 4.78 is 13.7. The lowest BCUT2D eigenvalue weighted by molar-refractivity contribution is 0.425. The Balaban J connectivity index is 2.55. The van der Waals surface area contributed by atoms with E-state index >= 15 is 0 Å². The van der Waals surface area contributed by atoms with Crippen LogP contribution in [0.5, 0.6) is 0 Å². The van der Waals surface area contributed by atoms with Crippen LogP contribution in [0.1, 0.15) is 26.3 Å². The molecule has 1 rings (SSSR count). The van der Waals surface area contributed by atoms with Gasteiger partial charge < -0.3 is 5.32 Å². The van der Waals surface area contributed by atoms with Crippen LogP contribution in [-0.2, 0) is 6.54 Å². The van der Waals surface area contributed by atoms with Crippen LogP contribution in [0, 0.1) is 11.7 Å². The van der Waals surface area contributed by atoms with Gasteiger partial charge in [0.1, 0.15) is 5.82 Å². The van der Waals surface area contributed by atoms with Gasteiger partial charge in [-0.1, -0.05) is 19.9 Å². The second-order valence-corrected chi connectivity index (χ2v) is 5.02. The van der Waals surface area contributed by atoms with Crippen molar-refractivity contribution in [3.8, 4) is 0 Å². The first kappa shape index (κ1) is 12.7. The molecule has 1 nitrogen and oxygen atoms in total. The molecule has 0 heterocycles. The maximum absolute atomic E-state index is 13.2. The van der Waals surface area contributed by atoms with E-state index in [9.17, 15) is 4.39 Å². The molecule has 0 bridgehead atoms. The molecular formula is C12H17BrFN. The van der Waals surface area contributed by atoms with Crippen LogP contribution in [0.3, 0.4) is 0 Å². The Hall–Kier alpha value is -0.410. The lowest BCUT2D eigenvalue weighted by atomic mass is 10.1. The summed E-state index contributed by atoms with van der Waals surface area (Å²) in [4.78, 5) is 0. The van der Waals surface area contributed by atoms with Crippen molar-refractivity contribution >= 4 is 15.9 Å². The molecule has 0 aliphatic carbocycles. The van der Waals surface area contributed by atoms with E-state index in [0.717, 1.165) is 5.56 Å². The van der Waals surface area contributed by atoms with Gasteiger partial charge in [-0.25, -0.2) is 4.39 Å². The molecule has 0 aliphatic rings. The van der Waals surface area contributed by atoms with Crippen molar-refractivity contribution in [1.82, 2.24) is 5.32 Å². The summed E-state index contributed by atoms with van der Waals surface area (Å²) in [6.45, 7) is 7.18. The molecule has 0 spiro atoms. The Morgan fingerprint density at radius 1 is 1.33 bits per heavy atom. The molecule has 15 heavy (non-hydrogen) atoms. The molecule has 3 heteroatoms. The van der Waals surface area contributed by atoms with Crippen LogP contribution in [0.15, 0.2) is 22.7 Å². The summed E-state index contributed by atoms with van der Waals surface area (Å²) in [5, 5.41) is 3.36. The maximum Gasteiger partial charge on any atom is 0.137 e. The van der Waals surface area contributed by atoms with Gasteiger partial charge >= 0.3 is 0 Å². The lowest BCUT2D eigenvalue weighted by Gasteiger charge is -2.17. The van der Waals surface area contributed by atoms with Crippen LogP contribution in [-0.4, -0.2) is 6.04 Å². The van der Waals surface area contributed by atoms with E-state index in [-0.39, 0.29) is 5.82 Å². The molecule has 84 valence electrons. The highest BCUT2D eigenvalue weighted by Gasteiger charge is 2.06. The highest BCUT2D eigenvalue weighted by molar-refractivity contribution is 9.10. The first-order chi connectivity index (χ1) is 7.00. The SMILES string of the molecule is CC(C)C(C)NCc1ccc(Br)c(F)c1. The van der Waals surface area contributed by atoms with Crippen LogP contribution >= 0.6 is 15.9 Å². The minimum atomic E-state index is -0.202. The van der Waals surface area contributed by atoms with Crippen molar-refractivity contribution in [3.63, 3.8) is 0 Å². The van der Waals surface area contributed by atoms with Gasteiger partial charge in [-0.05, 0) is 46.5 Å². The van der Waals surface area contributed by atoms with Gasteiger partial charge in [-0.15, -0.1) is 0 Å². The molecule has 0 saturated heterocycles.